The standard InChI is InChI=1S/C31H52N2O/c34-30-18-21-33-20-17-27-26-22-25-14-10-7-8-12-16-29(30)31(33)28(27)15-11-6-4-2-1-3-5-9-13-19-32(23-25)24-26/h22,26-29,31H,1-21,23-24H2. The number of nitrogens with zero attached hydrogens (tertiary/aromatic N) is 2. The zero-order chi connectivity index (χ0) is 23.2. The second kappa shape index (κ2) is 12.5. The van der Waals surface area contributed by atoms with Crippen LogP contribution in [0.2, 0.25) is 0 Å². The molecule has 6 atom stereocenters. The van der Waals surface area contributed by atoms with E-state index in [9.17, 15) is 4.79 Å². The van der Waals surface area contributed by atoms with Gasteiger partial charge in [-0.3, -0.25) is 14.6 Å². The summed E-state index contributed by atoms with van der Waals surface area (Å²) in [4.78, 5) is 18.9. The summed E-state index contributed by atoms with van der Waals surface area (Å²) in [5.74, 6) is 3.20. The molecule has 0 aromatic carbocycles. The predicted molar refractivity (Wildman–Crippen MR) is 142 cm³/mol. The molecule has 1 aliphatic carbocycles. The molecule has 0 amide bonds. The van der Waals surface area contributed by atoms with Crippen LogP contribution in [0.4, 0.5) is 0 Å². The Labute approximate surface area is 210 Å². The molecule has 34 heavy (non-hydrogen) atoms. The van der Waals surface area contributed by atoms with Crippen molar-refractivity contribution in [3.05, 3.63) is 11.6 Å². The van der Waals surface area contributed by atoms with Crippen LogP contribution in [0.3, 0.4) is 0 Å². The van der Waals surface area contributed by atoms with E-state index in [-0.39, 0.29) is 0 Å². The van der Waals surface area contributed by atoms with Crippen molar-refractivity contribution < 1.29 is 4.79 Å². The zero-order valence-electron chi connectivity index (χ0n) is 22.0. The third-order valence-electron chi connectivity index (χ3n) is 10.3. The fourth-order valence-corrected chi connectivity index (χ4v) is 8.57. The number of hydrogen-bond donors (Lipinski definition) is 0. The molecule has 3 nitrogen and oxygen atoms in total. The van der Waals surface area contributed by atoms with Crippen molar-refractivity contribution >= 4 is 5.78 Å². The molecule has 0 aromatic rings. The Morgan fingerprint density at radius 1 is 0.647 bits per heavy atom. The first-order valence-electron chi connectivity index (χ1n) is 15.5. The number of carbonyl (C=O) groups is 1. The Morgan fingerprint density at radius 2 is 1.35 bits per heavy atom. The van der Waals surface area contributed by atoms with E-state index in [0.29, 0.717) is 17.7 Å². The molecule has 0 aromatic heterocycles. The van der Waals surface area contributed by atoms with Crippen molar-refractivity contribution in [3.63, 3.8) is 0 Å². The summed E-state index contributed by atoms with van der Waals surface area (Å²) in [6.07, 6.45) is 26.9. The van der Waals surface area contributed by atoms with E-state index in [4.69, 9.17) is 0 Å². The van der Waals surface area contributed by atoms with Crippen LogP contribution in [0.25, 0.3) is 0 Å². The van der Waals surface area contributed by atoms with Gasteiger partial charge in [-0.05, 0) is 69.4 Å². The minimum atomic E-state index is 0.330. The fraction of sp³-hybridized carbons (Fsp3) is 0.903. The molecule has 0 radical (unpaired) electrons. The minimum Gasteiger partial charge on any atom is -0.299 e. The van der Waals surface area contributed by atoms with Crippen LogP contribution in [0, 0.1) is 23.7 Å². The number of ketones is 1. The largest absolute Gasteiger partial charge is 0.299 e. The Bertz CT molecular complexity index is 687. The number of carbonyl (C=O) groups excluding carboxylic acids is 1. The zero-order valence-corrected chi connectivity index (χ0v) is 22.0. The summed E-state index contributed by atoms with van der Waals surface area (Å²) in [7, 11) is 0. The van der Waals surface area contributed by atoms with Crippen LogP contribution in [0.1, 0.15) is 116 Å². The fourth-order valence-electron chi connectivity index (χ4n) is 8.57. The quantitative estimate of drug-likeness (QED) is 0.357. The molecule has 3 fully saturated rings. The first kappa shape index (κ1) is 25.0. The average Bonchev–Trinajstić information content (AvgIpc) is 2.85. The van der Waals surface area contributed by atoms with Crippen molar-refractivity contribution in [2.45, 2.75) is 122 Å². The Hall–Kier alpha value is -0.670. The van der Waals surface area contributed by atoms with Crippen LogP contribution < -0.4 is 0 Å². The van der Waals surface area contributed by atoms with Gasteiger partial charge in [-0.1, -0.05) is 82.3 Å². The molecule has 6 bridgehead atoms. The number of piperidine rings is 2. The van der Waals surface area contributed by atoms with Crippen LogP contribution in [0.15, 0.2) is 11.6 Å². The molecule has 5 aliphatic rings. The monoisotopic (exact) mass is 468 g/mol. The molecule has 0 saturated carbocycles. The first-order chi connectivity index (χ1) is 16.8. The van der Waals surface area contributed by atoms with Crippen LogP contribution >= 0.6 is 0 Å². The molecular formula is C31H52N2O. The van der Waals surface area contributed by atoms with Gasteiger partial charge >= 0.3 is 0 Å². The highest BCUT2D eigenvalue weighted by atomic mass is 16.1. The Balaban J connectivity index is 1.44. The summed E-state index contributed by atoms with van der Waals surface area (Å²) < 4.78 is 0. The summed E-state index contributed by atoms with van der Waals surface area (Å²) >= 11 is 0. The first-order valence-corrected chi connectivity index (χ1v) is 15.5. The van der Waals surface area contributed by atoms with E-state index in [0.717, 1.165) is 30.7 Å². The topological polar surface area (TPSA) is 23.6 Å². The maximum Gasteiger partial charge on any atom is 0.138 e. The van der Waals surface area contributed by atoms with Gasteiger partial charge in [0.15, 0.2) is 0 Å². The van der Waals surface area contributed by atoms with Crippen molar-refractivity contribution in [1.29, 1.82) is 0 Å². The van der Waals surface area contributed by atoms with Gasteiger partial charge < -0.3 is 0 Å². The Kier molecular flexibility index (Phi) is 9.21. The predicted octanol–water partition coefficient (Wildman–Crippen LogP) is 7.01. The molecule has 6 unspecified atom stereocenters. The molecule has 4 aliphatic heterocycles. The highest BCUT2D eigenvalue weighted by Gasteiger charge is 2.48. The van der Waals surface area contributed by atoms with E-state index in [1.807, 2.05) is 0 Å². The lowest BCUT2D eigenvalue weighted by Crippen LogP contribution is -2.59. The number of rotatable bonds is 0. The Morgan fingerprint density at radius 3 is 2.18 bits per heavy atom. The molecule has 0 spiro atoms. The summed E-state index contributed by atoms with van der Waals surface area (Å²) in [6.45, 7) is 6.12. The number of hydrogen-bond acceptors (Lipinski definition) is 3. The van der Waals surface area contributed by atoms with Gasteiger partial charge in [-0.2, -0.15) is 0 Å². The van der Waals surface area contributed by atoms with Crippen molar-refractivity contribution in [2.75, 3.05) is 32.7 Å². The highest BCUT2D eigenvalue weighted by molar-refractivity contribution is 5.82. The molecular weight excluding hydrogens is 416 g/mol. The second-order valence-electron chi connectivity index (χ2n) is 12.6. The van der Waals surface area contributed by atoms with Gasteiger partial charge in [-0.25, -0.2) is 0 Å². The summed E-state index contributed by atoms with van der Waals surface area (Å²) in [5.41, 5.74) is 1.76. The van der Waals surface area contributed by atoms with Crippen molar-refractivity contribution in [1.82, 2.24) is 9.80 Å². The van der Waals surface area contributed by atoms with Gasteiger partial charge in [0.25, 0.3) is 0 Å². The maximum atomic E-state index is 13.3. The third-order valence-corrected chi connectivity index (χ3v) is 10.3. The number of fused-ring (bicyclic) bond motifs is 1. The molecule has 5 rings (SSSR count). The lowest BCUT2D eigenvalue weighted by Gasteiger charge is -2.53. The van der Waals surface area contributed by atoms with Crippen LogP contribution in [-0.4, -0.2) is 54.3 Å². The minimum absolute atomic E-state index is 0.330. The highest BCUT2D eigenvalue weighted by Crippen LogP contribution is 2.45. The van der Waals surface area contributed by atoms with Gasteiger partial charge in [0.05, 0.1) is 0 Å². The summed E-state index contributed by atoms with van der Waals surface area (Å²) in [6, 6.07) is 0.548. The lowest BCUT2D eigenvalue weighted by molar-refractivity contribution is -0.135. The second-order valence-corrected chi connectivity index (χ2v) is 12.6. The molecule has 4 heterocycles. The molecule has 192 valence electrons. The molecule has 3 saturated heterocycles. The SMILES string of the molecule is O=C1CCN2CCC3C4C=C5CCCCCCC1C2C3CCCCCCCCCCCN(C5)C4. The van der Waals surface area contributed by atoms with Gasteiger partial charge in [-0.15, -0.1) is 0 Å². The van der Waals surface area contributed by atoms with E-state index in [1.165, 1.54) is 135 Å². The van der Waals surface area contributed by atoms with E-state index >= 15 is 0 Å². The normalized spacial score (nSPS) is 39.5. The van der Waals surface area contributed by atoms with Crippen LogP contribution in [-0.2, 0) is 4.79 Å². The van der Waals surface area contributed by atoms with E-state index in [1.54, 1.807) is 5.57 Å². The third kappa shape index (κ3) is 6.17. The van der Waals surface area contributed by atoms with Crippen molar-refractivity contribution in [3.8, 4) is 0 Å². The van der Waals surface area contributed by atoms with Crippen molar-refractivity contribution in [2.24, 2.45) is 23.7 Å². The van der Waals surface area contributed by atoms with Crippen LogP contribution in [0.5, 0.6) is 0 Å². The van der Waals surface area contributed by atoms with E-state index in [2.05, 4.69) is 15.9 Å². The maximum absolute atomic E-state index is 13.3. The van der Waals surface area contributed by atoms with Gasteiger partial charge in [0.1, 0.15) is 5.78 Å². The average molecular weight is 469 g/mol. The summed E-state index contributed by atoms with van der Waals surface area (Å²) in [5, 5.41) is 0. The van der Waals surface area contributed by atoms with Gasteiger partial charge in [0, 0.05) is 38.0 Å². The lowest BCUT2D eigenvalue weighted by atomic mass is 9.64. The molecule has 3 heteroatoms. The smallest absolute Gasteiger partial charge is 0.138 e. The van der Waals surface area contributed by atoms with Gasteiger partial charge in [0.2, 0.25) is 0 Å². The van der Waals surface area contributed by atoms with E-state index < -0.39 is 0 Å². The number of Topliss-reactive ketones (excluding diaryl/α,β-unsaturated/α-hetero) is 1. The molecule has 0 N–H and O–H groups in total.